The lowest BCUT2D eigenvalue weighted by Gasteiger charge is -2.25. The summed E-state index contributed by atoms with van der Waals surface area (Å²) in [4.78, 5) is 14.2. The molecule has 1 aliphatic rings. The molecule has 0 spiro atoms. The Balaban J connectivity index is 2.18. The number of anilines is 1. The molecule has 0 saturated carbocycles. The van der Waals surface area contributed by atoms with E-state index in [1.54, 1.807) is 31.4 Å². The molecule has 0 bridgehead atoms. The van der Waals surface area contributed by atoms with Gasteiger partial charge in [0.15, 0.2) is 0 Å². The fourth-order valence-electron chi connectivity index (χ4n) is 3.37. The maximum Gasteiger partial charge on any atom is 0.414 e. The number of carbonyl (C=O) groups is 1. The summed E-state index contributed by atoms with van der Waals surface area (Å²) < 4.78 is 10.9. The molecule has 1 N–H and O–H groups in total. The second-order valence-electron chi connectivity index (χ2n) is 7.44. The van der Waals surface area contributed by atoms with E-state index in [1.807, 2.05) is 20.8 Å². The van der Waals surface area contributed by atoms with Crippen molar-refractivity contribution >= 4 is 22.6 Å². The van der Waals surface area contributed by atoms with Crippen LogP contribution in [0.2, 0.25) is 0 Å². The van der Waals surface area contributed by atoms with Gasteiger partial charge in [-0.05, 0) is 49.9 Å². The minimum absolute atomic E-state index is 0.0647. The SMILES string of the molecule is COCC1CN(C(=O)OC(C)(C)C)c2cc(O)c3ccc(C#N)cc3c21. The summed E-state index contributed by atoms with van der Waals surface area (Å²) in [6.45, 7) is 6.25. The average Bonchev–Trinajstić information content (AvgIpc) is 2.92. The molecule has 2 aromatic carbocycles. The van der Waals surface area contributed by atoms with Gasteiger partial charge in [-0.1, -0.05) is 0 Å². The summed E-state index contributed by atoms with van der Waals surface area (Å²) in [5, 5.41) is 21.1. The molecule has 136 valence electrons. The van der Waals surface area contributed by atoms with Crippen molar-refractivity contribution in [3.63, 3.8) is 0 Å². The Morgan fingerprint density at radius 1 is 1.35 bits per heavy atom. The van der Waals surface area contributed by atoms with Crippen LogP contribution in [0, 0.1) is 11.3 Å². The highest BCUT2D eigenvalue weighted by Gasteiger charge is 2.37. The normalized spacial score (nSPS) is 16.4. The maximum absolute atomic E-state index is 12.7. The molecule has 3 rings (SSSR count). The number of hydrogen-bond acceptors (Lipinski definition) is 5. The number of nitriles is 1. The monoisotopic (exact) mass is 354 g/mol. The van der Waals surface area contributed by atoms with Crippen molar-refractivity contribution in [2.75, 3.05) is 25.2 Å². The van der Waals surface area contributed by atoms with Crippen molar-refractivity contribution in [2.45, 2.75) is 32.3 Å². The zero-order chi connectivity index (χ0) is 19.1. The van der Waals surface area contributed by atoms with Gasteiger partial charge in [-0.25, -0.2) is 4.79 Å². The predicted molar refractivity (Wildman–Crippen MR) is 98.5 cm³/mol. The lowest BCUT2D eigenvalue weighted by atomic mass is 9.93. The highest BCUT2D eigenvalue weighted by atomic mass is 16.6. The molecule has 0 aromatic heterocycles. The van der Waals surface area contributed by atoms with Crippen molar-refractivity contribution in [3.05, 3.63) is 35.4 Å². The molecule has 26 heavy (non-hydrogen) atoms. The van der Waals surface area contributed by atoms with Gasteiger partial charge >= 0.3 is 6.09 Å². The Labute approximate surface area is 152 Å². The van der Waals surface area contributed by atoms with Gasteiger partial charge in [0.25, 0.3) is 0 Å². The van der Waals surface area contributed by atoms with Crippen molar-refractivity contribution in [1.82, 2.24) is 0 Å². The molecule has 0 radical (unpaired) electrons. The van der Waals surface area contributed by atoms with Gasteiger partial charge in [0.05, 0.1) is 23.9 Å². The molecule has 1 atom stereocenters. The van der Waals surface area contributed by atoms with Gasteiger partial charge < -0.3 is 14.6 Å². The summed E-state index contributed by atoms with van der Waals surface area (Å²) in [6, 6.07) is 8.85. The van der Waals surface area contributed by atoms with Gasteiger partial charge in [-0.2, -0.15) is 5.26 Å². The largest absolute Gasteiger partial charge is 0.507 e. The van der Waals surface area contributed by atoms with E-state index in [4.69, 9.17) is 9.47 Å². The number of carbonyl (C=O) groups excluding carboxylic acids is 1. The number of benzene rings is 2. The van der Waals surface area contributed by atoms with E-state index in [-0.39, 0.29) is 11.7 Å². The Hall–Kier alpha value is -2.78. The third-order valence-electron chi connectivity index (χ3n) is 4.35. The number of rotatable bonds is 2. The number of aromatic hydroxyl groups is 1. The topological polar surface area (TPSA) is 82.8 Å². The maximum atomic E-state index is 12.7. The summed E-state index contributed by atoms with van der Waals surface area (Å²) in [5.41, 5.74) is 1.37. The van der Waals surface area contributed by atoms with Crippen molar-refractivity contribution in [2.24, 2.45) is 0 Å². The van der Waals surface area contributed by atoms with Crippen molar-refractivity contribution in [1.29, 1.82) is 5.26 Å². The van der Waals surface area contributed by atoms with E-state index in [0.717, 1.165) is 10.9 Å². The number of amides is 1. The molecule has 1 aliphatic heterocycles. The second kappa shape index (κ2) is 6.50. The van der Waals surface area contributed by atoms with E-state index < -0.39 is 11.7 Å². The van der Waals surface area contributed by atoms with Gasteiger partial charge in [-0.15, -0.1) is 0 Å². The quantitative estimate of drug-likeness (QED) is 0.884. The molecule has 1 amide bonds. The van der Waals surface area contributed by atoms with Crippen molar-refractivity contribution < 1.29 is 19.4 Å². The van der Waals surface area contributed by atoms with Gasteiger partial charge in [0.2, 0.25) is 0 Å². The first-order valence-electron chi connectivity index (χ1n) is 8.44. The number of phenols is 1. The molecule has 0 saturated heterocycles. The number of methoxy groups -OCH3 is 1. The Kier molecular flexibility index (Phi) is 4.51. The van der Waals surface area contributed by atoms with E-state index in [1.165, 1.54) is 4.90 Å². The summed E-state index contributed by atoms with van der Waals surface area (Å²) in [7, 11) is 1.61. The van der Waals surface area contributed by atoms with E-state index in [2.05, 4.69) is 6.07 Å². The molecular weight excluding hydrogens is 332 g/mol. The Morgan fingerprint density at radius 2 is 2.08 bits per heavy atom. The lowest BCUT2D eigenvalue weighted by molar-refractivity contribution is 0.0579. The molecule has 1 heterocycles. The van der Waals surface area contributed by atoms with Gasteiger partial charge in [0.1, 0.15) is 11.4 Å². The van der Waals surface area contributed by atoms with Gasteiger partial charge in [0, 0.05) is 31.0 Å². The standard InChI is InChI=1S/C20H22N2O4/c1-20(2,3)26-19(24)22-10-13(11-25-4)18-15-7-12(9-21)5-6-14(15)17(23)8-16(18)22/h5-8,13,23H,10-11H2,1-4H3. The second-order valence-corrected chi connectivity index (χ2v) is 7.44. The summed E-state index contributed by atoms with van der Waals surface area (Å²) >= 11 is 0. The van der Waals surface area contributed by atoms with Crippen molar-refractivity contribution in [3.8, 4) is 11.8 Å². The van der Waals surface area contributed by atoms with Crippen LogP contribution in [0.15, 0.2) is 24.3 Å². The van der Waals surface area contributed by atoms with Crippen LogP contribution in [0.5, 0.6) is 5.75 Å². The van der Waals surface area contributed by atoms with Crippen LogP contribution in [0.4, 0.5) is 10.5 Å². The van der Waals surface area contributed by atoms with E-state index >= 15 is 0 Å². The van der Waals surface area contributed by atoms with Crippen LogP contribution in [0.3, 0.4) is 0 Å². The minimum atomic E-state index is -0.622. The summed E-state index contributed by atoms with van der Waals surface area (Å²) in [6.07, 6.45) is -0.465. The van der Waals surface area contributed by atoms with Crippen LogP contribution in [0.1, 0.15) is 37.8 Å². The third-order valence-corrected chi connectivity index (χ3v) is 4.35. The highest BCUT2D eigenvalue weighted by molar-refractivity contribution is 6.02. The zero-order valence-electron chi connectivity index (χ0n) is 15.4. The number of ether oxygens (including phenoxy) is 2. The molecule has 6 heteroatoms. The van der Waals surface area contributed by atoms with E-state index in [0.29, 0.717) is 29.8 Å². The number of fused-ring (bicyclic) bond motifs is 3. The number of hydrogen-bond donors (Lipinski definition) is 1. The molecule has 0 aliphatic carbocycles. The predicted octanol–water partition coefficient (Wildman–Crippen LogP) is 3.90. The minimum Gasteiger partial charge on any atom is -0.507 e. The first kappa shape index (κ1) is 18.0. The van der Waals surface area contributed by atoms with Gasteiger partial charge in [-0.3, -0.25) is 4.90 Å². The van der Waals surface area contributed by atoms with Crippen LogP contribution < -0.4 is 4.90 Å². The third kappa shape index (κ3) is 3.18. The Morgan fingerprint density at radius 3 is 2.69 bits per heavy atom. The fourth-order valence-corrected chi connectivity index (χ4v) is 3.37. The first-order valence-corrected chi connectivity index (χ1v) is 8.44. The average molecular weight is 354 g/mol. The zero-order valence-corrected chi connectivity index (χ0v) is 15.4. The Bertz CT molecular complexity index is 909. The van der Waals surface area contributed by atoms with Crippen LogP contribution in [0.25, 0.3) is 10.8 Å². The lowest BCUT2D eigenvalue weighted by Crippen LogP contribution is -2.36. The number of nitrogens with zero attached hydrogens (tertiary/aromatic N) is 2. The smallest absolute Gasteiger partial charge is 0.414 e. The molecule has 1 unspecified atom stereocenters. The van der Waals surface area contributed by atoms with E-state index in [9.17, 15) is 15.2 Å². The van der Waals surface area contributed by atoms with Crippen LogP contribution in [-0.2, 0) is 9.47 Å². The fraction of sp³-hybridized carbons (Fsp3) is 0.400. The molecular formula is C20H22N2O4. The first-order chi connectivity index (χ1) is 12.2. The highest BCUT2D eigenvalue weighted by Crippen LogP contribution is 2.45. The molecule has 2 aromatic rings. The molecule has 6 nitrogen and oxygen atoms in total. The van der Waals surface area contributed by atoms with Crippen LogP contribution in [-0.4, -0.2) is 37.1 Å². The molecule has 0 fully saturated rings. The van der Waals surface area contributed by atoms with Crippen LogP contribution >= 0.6 is 0 Å². The summed E-state index contributed by atoms with van der Waals surface area (Å²) in [5.74, 6) is -0.00516. The number of phenolic OH excluding ortho intramolecular Hbond substituents is 1.